The molecule has 2 aliphatic rings. The van der Waals surface area contributed by atoms with Crippen LogP contribution in [-0.4, -0.2) is 50.2 Å². The lowest BCUT2D eigenvalue weighted by Gasteiger charge is -2.11. The van der Waals surface area contributed by atoms with Gasteiger partial charge >= 0.3 is 5.69 Å². The minimum Gasteiger partial charge on any atom is -0.326 e. The number of imidazole rings is 1. The van der Waals surface area contributed by atoms with Gasteiger partial charge in [0, 0.05) is 60.2 Å². The van der Waals surface area contributed by atoms with Crippen molar-refractivity contribution in [1.29, 1.82) is 0 Å². The Morgan fingerprint density at radius 3 is 2.10 bits per heavy atom. The van der Waals surface area contributed by atoms with Gasteiger partial charge in [0.25, 0.3) is 5.56 Å². The Morgan fingerprint density at radius 1 is 0.976 bits per heavy atom. The summed E-state index contributed by atoms with van der Waals surface area (Å²) in [6.07, 6.45) is 5.98. The standard InChI is InChI=1S/C26H27N7O6S2/c1-31-19-20(30-25(31)41(3,38)39)33(26(37)32(2)24(19)36)12-18-11-27-23(40-18)15-8-16(28-21(34)13-4-5-13)10-17(9-15)29-22(35)14-6-7-14/h8-11,13-14H,4-7,12H2,1-3H3,(H,28,34)(H,29,35). The normalized spacial score (nSPS) is 15.3. The molecule has 0 unspecified atom stereocenters. The molecule has 2 N–H and O–H groups in total. The van der Waals surface area contributed by atoms with E-state index in [0.717, 1.165) is 36.5 Å². The van der Waals surface area contributed by atoms with Gasteiger partial charge in [0.2, 0.25) is 26.8 Å². The summed E-state index contributed by atoms with van der Waals surface area (Å²) in [6, 6.07) is 5.28. The lowest BCUT2D eigenvalue weighted by atomic mass is 10.1. The number of carbonyl (C=O) groups is 2. The van der Waals surface area contributed by atoms with Crippen LogP contribution in [0.3, 0.4) is 0 Å². The highest BCUT2D eigenvalue weighted by molar-refractivity contribution is 7.90. The topological polar surface area (TPSA) is 167 Å². The van der Waals surface area contributed by atoms with Crippen molar-refractivity contribution in [3.63, 3.8) is 0 Å². The summed E-state index contributed by atoms with van der Waals surface area (Å²) in [7, 11) is -1.03. The number of anilines is 2. The van der Waals surface area contributed by atoms with E-state index in [4.69, 9.17) is 0 Å². The highest BCUT2D eigenvalue weighted by Crippen LogP contribution is 2.35. The van der Waals surface area contributed by atoms with Gasteiger partial charge in [0.1, 0.15) is 5.01 Å². The van der Waals surface area contributed by atoms with Gasteiger partial charge in [-0.3, -0.25) is 23.5 Å². The Labute approximate surface area is 237 Å². The van der Waals surface area contributed by atoms with Crippen molar-refractivity contribution in [1.82, 2.24) is 23.7 Å². The maximum absolute atomic E-state index is 13.1. The van der Waals surface area contributed by atoms with E-state index >= 15 is 0 Å². The van der Waals surface area contributed by atoms with Crippen LogP contribution in [0, 0.1) is 11.8 Å². The van der Waals surface area contributed by atoms with Crippen LogP contribution in [0.4, 0.5) is 11.4 Å². The zero-order valence-electron chi connectivity index (χ0n) is 22.5. The molecular formula is C26H27N7O6S2. The second-order valence-corrected chi connectivity index (χ2v) is 13.6. The molecule has 2 fully saturated rings. The van der Waals surface area contributed by atoms with E-state index in [0.29, 0.717) is 26.8 Å². The summed E-state index contributed by atoms with van der Waals surface area (Å²) >= 11 is 1.28. The molecule has 3 heterocycles. The fourth-order valence-corrected chi connectivity index (χ4v) is 6.36. The zero-order valence-corrected chi connectivity index (χ0v) is 24.1. The van der Waals surface area contributed by atoms with Gasteiger partial charge in [-0.1, -0.05) is 0 Å². The Bertz CT molecular complexity index is 1930. The molecule has 2 amide bonds. The van der Waals surface area contributed by atoms with Gasteiger partial charge < -0.3 is 15.2 Å². The van der Waals surface area contributed by atoms with Crippen molar-refractivity contribution >= 4 is 55.5 Å². The summed E-state index contributed by atoms with van der Waals surface area (Å²) in [5, 5.41) is 6.11. The molecule has 0 atom stereocenters. The fourth-order valence-electron chi connectivity index (χ4n) is 4.63. The number of amides is 2. The number of nitrogens with zero attached hydrogens (tertiary/aromatic N) is 5. The molecule has 2 aliphatic carbocycles. The molecule has 41 heavy (non-hydrogen) atoms. The minimum absolute atomic E-state index is 0.00131. The van der Waals surface area contributed by atoms with Crippen molar-refractivity contribution in [3.8, 4) is 10.6 Å². The molecule has 214 valence electrons. The van der Waals surface area contributed by atoms with E-state index in [9.17, 15) is 27.6 Å². The summed E-state index contributed by atoms with van der Waals surface area (Å²) < 4.78 is 27.9. The van der Waals surface area contributed by atoms with Crippen molar-refractivity contribution < 1.29 is 18.0 Å². The Morgan fingerprint density at radius 2 is 1.56 bits per heavy atom. The number of hydrogen-bond donors (Lipinski definition) is 2. The number of carbonyl (C=O) groups excluding carboxylic acids is 2. The second kappa shape index (κ2) is 9.76. The fraction of sp³-hybridized carbons (Fsp3) is 0.385. The van der Waals surface area contributed by atoms with Crippen LogP contribution in [0.5, 0.6) is 0 Å². The Hall–Kier alpha value is -4.11. The predicted molar refractivity (Wildman–Crippen MR) is 153 cm³/mol. The molecule has 1 aromatic carbocycles. The SMILES string of the molecule is Cn1c(=O)c2c(nc(S(C)(=O)=O)n2C)n(Cc2cnc(-c3cc(NC(=O)C4CC4)cc(NC(=O)C4CC4)c3)s2)c1=O. The quantitative estimate of drug-likeness (QED) is 0.310. The van der Waals surface area contributed by atoms with Gasteiger partial charge in [-0.2, -0.15) is 4.98 Å². The van der Waals surface area contributed by atoms with E-state index in [1.54, 1.807) is 24.4 Å². The molecule has 0 aliphatic heterocycles. The lowest BCUT2D eigenvalue weighted by molar-refractivity contribution is -0.118. The van der Waals surface area contributed by atoms with E-state index in [-0.39, 0.29) is 46.5 Å². The summed E-state index contributed by atoms with van der Waals surface area (Å²) in [5.41, 5.74) is 0.404. The van der Waals surface area contributed by atoms with Gasteiger partial charge in [-0.25, -0.2) is 18.2 Å². The molecule has 0 saturated heterocycles. The first-order chi connectivity index (χ1) is 19.4. The number of aryl methyl sites for hydroxylation is 1. The molecule has 15 heteroatoms. The third-order valence-corrected chi connectivity index (χ3v) is 9.19. The highest BCUT2D eigenvalue weighted by atomic mass is 32.2. The van der Waals surface area contributed by atoms with Crippen molar-refractivity contribution in [3.05, 3.63) is 50.1 Å². The first-order valence-electron chi connectivity index (χ1n) is 13.0. The number of fused-ring (bicyclic) bond motifs is 1. The van der Waals surface area contributed by atoms with Gasteiger partial charge in [0.05, 0.1) is 6.54 Å². The average molecular weight is 598 g/mol. The Balaban J connectivity index is 1.37. The smallest absolute Gasteiger partial charge is 0.326 e. The van der Waals surface area contributed by atoms with Crippen LogP contribution < -0.4 is 21.9 Å². The number of rotatable bonds is 8. The number of thiazole rings is 1. The number of aromatic nitrogens is 5. The predicted octanol–water partition coefficient (Wildman–Crippen LogP) is 1.71. The molecule has 0 bridgehead atoms. The van der Waals surface area contributed by atoms with Crippen molar-refractivity contribution in [2.24, 2.45) is 25.9 Å². The Kier molecular flexibility index (Phi) is 6.45. The van der Waals surface area contributed by atoms with Crippen LogP contribution >= 0.6 is 11.3 Å². The third kappa shape index (κ3) is 5.22. The first-order valence-corrected chi connectivity index (χ1v) is 15.7. The monoisotopic (exact) mass is 597 g/mol. The highest BCUT2D eigenvalue weighted by Gasteiger charge is 2.31. The van der Waals surface area contributed by atoms with Crippen LogP contribution in [0.1, 0.15) is 30.6 Å². The maximum atomic E-state index is 13.1. The summed E-state index contributed by atoms with van der Waals surface area (Å²) in [4.78, 5) is 60.1. The van der Waals surface area contributed by atoms with Crippen molar-refractivity contribution in [2.75, 3.05) is 16.9 Å². The van der Waals surface area contributed by atoms with E-state index in [1.165, 1.54) is 34.6 Å². The van der Waals surface area contributed by atoms with Gasteiger partial charge in [0.15, 0.2) is 11.2 Å². The largest absolute Gasteiger partial charge is 0.332 e. The number of nitrogens with one attached hydrogen (secondary N) is 2. The molecule has 0 radical (unpaired) electrons. The van der Waals surface area contributed by atoms with E-state index in [2.05, 4.69) is 20.6 Å². The van der Waals surface area contributed by atoms with Crippen molar-refractivity contribution in [2.45, 2.75) is 37.4 Å². The number of benzene rings is 1. The molecular weight excluding hydrogens is 570 g/mol. The van der Waals surface area contributed by atoms with Gasteiger partial charge in [-0.05, 0) is 43.9 Å². The summed E-state index contributed by atoms with van der Waals surface area (Å²) in [5.74, 6) is -0.130. The zero-order chi connectivity index (χ0) is 29.2. The van der Waals surface area contributed by atoms with Gasteiger partial charge in [-0.15, -0.1) is 11.3 Å². The molecule has 4 aromatic rings. The molecule has 3 aromatic heterocycles. The lowest BCUT2D eigenvalue weighted by Crippen LogP contribution is -2.38. The molecule has 0 spiro atoms. The van der Waals surface area contributed by atoms with Crippen LogP contribution in [0.25, 0.3) is 21.7 Å². The van der Waals surface area contributed by atoms with E-state index < -0.39 is 21.1 Å². The first kappa shape index (κ1) is 27.1. The average Bonchev–Trinajstić information content (AvgIpc) is 3.84. The number of hydrogen-bond acceptors (Lipinski definition) is 9. The second-order valence-electron chi connectivity index (χ2n) is 10.6. The van der Waals surface area contributed by atoms with Crippen LogP contribution in [0.2, 0.25) is 0 Å². The minimum atomic E-state index is -3.77. The molecule has 13 nitrogen and oxygen atoms in total. The molecule has 6 rings (SSSR count). The maximum Gasteiger partial charge on any atom is 0.332 e. The molecule has 2 saturated carbocycles. The number of sulfone groups is 1. The third-order valence-electron chi connectivity index (χ3n) is 7.13. The van der Waals surface area contributed by atoms with E-state index in [1.807, 2.05) is 0 Å². The summed E-state index contributed by atoms with van der Waals surface area (Å²) in [6.45, 7) is -0.00921. The van der Waals surface area contributed by atoms with Crippen LogP contribution in [-0.2, 0) is 40.1 Å². The van der Waals surface area contributed by atoms with Crippen LogP contribution in [0.15, 0.2) is 39.1 Å².